The zero-order valence-corrected chi connectivity index (χ0v) is 10.1. The second-order valence-corrected chi connectivity index (χ2v) is 5.97. The number of anilines is 1. The molecule has 0 fully saturated rings. The number of nitrogens with one attached hydrogen (secondary N) is 1. The van der Waals surface area contributed by atoms with Crippen molar-refractivity contribution in [1.29, 1.82) is 0 Å². The molecular weight excluding hydrogens is 259 g/mol. The third-order valence-electron chi connectivity index (χ3n) is 2.21. The Morgan fingerprint density at radius 1 is 1.33 bits per heavy atom. The lowest BCUT2D eigenvalue weighted by Gasteiger charge is -2.27. The Labute approximate surface area is 97.8 Å². The van der Waals surface area contributed by atoms with Gasteiger partial charge in [0.25, 0.3) is 0 Å². The lowest BCUT2D eigenvalue weighted by Crippen LogP contribution is -2.36. The van der Waals surface area contributed by atoms with Gasteiger partial charge in [0.1, 0.15) is 4.90 Å². The van der Waals surface area contributed by atoms with E-state index in [9.17, 15) is 8.42 Å². The van der Waals surface area contributed by atoms with E-state index in [0.717, 1.165) is 0 Å². The van der Waals surface area contributed by atoms with E-state index < -0.39 is 10.0 Å². The monoisotopic (exact) mass is 266 g/mol. The summed E-state index contributed by atoms with van der Waals surface area (Å²) in [7, 11) is -2.04. The van der Waals surface area contributed by atoms with E-state index in [4.69, 9.17) is 23.2 Å². The zero-order valence-electron chi connectivity index (χ0n) is 7.79. The molecule has 0 spiro atoms. The van der Waals surface area contributed by atoms with Gasteiger partial charge in [0, 0.05) is 7.05 Å². The third kappa shape index (κ3) is 1.59. The molecule has 1 heterocycles. The van der Waals surface area contributed by atoms with Gasteiger partial charge < -0.3 is 5.32 Å². The Hall–Kier alpha value is -0.490. The van der Waals surface area contributed by atoms with Crippen LogP contribution in [0.15, 0.2) is 17.0 Å². The number of sulfonamides is 1. The molecule has 15 heavy (non-hydrogen) atoms. The first-order chi connectivity index (χ1) is 6.94. The highest BCUT2D eigenvalue weighted by molar-refractivity contribution is 7.89. The molecule has 1 aliphatic rings. The van der Waals surface area contributed by atoms with Crippen LogP contribution in [0.5, 0.6) is 0 Å². The van der Waals surface area contributed by atoms with E-state index in [0.29, 0.717) is 10.7 Å². The van der Waals surface area contributed by atoms with Crippen LogP contribution in [0, 0.1) is 0 Å². The summed E-state index contributed by atoms with van der Waals surface area (Å²) in [6, 6.07) is 3.04. The molecule has 2 rings (SSSR count). The molecule has 0 bridgehead atoms. The van der Waals surface area contributed by atoms with Crippen LogP contribution in [-0.4, -0.2) is 26.4 Å². The van der Waals surface area contributed by atoms with E-state index >= 15 is 0 Å². The fraction of sp³-hybridized carbons (Fsp3) is 0.250. The Bertz CT molecular complexity index is 516. The maximum absolute atomic E-state index is 11.9. The number of benzene rings is 1. The lowest BCUT2D eigenvalue weighted by atomic mass is 10.3. The second kappa shape index (κ2) is 3.52. The van der Waals surface area contributed by atoms with Crippen LogP contribution in [-0.2, 0) is 10.0 Å². The normalized spacial score (nSPS) is 19.4. The van der Waals surface area contributed by atoms with Crippen LogP contribution in [0.3, 0.4) is 0 Å². The van der Waals surface area contributed by atoms with Crippen LogP contribution in [0.1, 0.15) is 0 Å². The van der Waals surface area contributed by atoms with Gasteiger partial charge in [-0.2, -0.15) is 4.31 Å². The smallest absolute Gasteiger partial charge is 0.247 e. The first-order valence-electron chi connectivity index (χ1n) is 4.13. The Balaban J connectivity index is 2.80. The van der Waals surface area contributed by atoms with Crippen molar-refractivity contribution in [2.45, 2.75) is 4.90 Å². The highest BCUT2D eigenvalue weighted by atomic mass is 35.5. The summed E-state index contributed by atoms with van der Waals surface area (Å²) in [5.74, 6) is 0. The molecule has 0 atom stereocenters. The molecule has 7 heteroatoms. The van der Waals surface area contributed by atoms with Gasteiger partial charge in [-0.1, -0.05) is 23.2 Å². The highest BCUT2D eigenvalue weighted by Crippen LogP contribution is 2.38. The zero-order chi connectivity index (χ0) is 11.2. The van der Waals surface area contributed by atoms with Crippen LogP contribution in [0.2, 0.25) is 10.0 Å². The van der Waals surface area contributed by atoms with Crippen LogP contribution in [0.4, 0.5) is 5.69 Å². The number of nitrogens with zero attached hydrogens (tertiary/aromatic N) is 1. The molecule has 1 N–H and O–H groups in total. The largest absolute Gasteiger partial charge is 0.369 e. The molecule has 1 aliphatic heterocycles. The Morgan fingerprint density at radius 3 is 2.60 bits per heavy atom. The van der Waals surface area contributed by atoms with Gasteiger partial charge >= 0.3 is 0 Å². The summed E-state index contributed by atoms with van der Waals surface area (Å²) >= 11 is 11.7. The van der Waals surface area contributed by atoms with E-state index in [1.165, 1.54) is 17.4 Å². The van der Waals surface area contributed by atoms with E-state index in [-0.39, 0.29) is 16.6 Å². The molecule has 0 aliphatic carbocycles. The molecule has 0 saturated heterocycles. The van der Waals surface area contributed by atoms with Gasteiger partial charge in [-0.15, -0.1) is 0 Å². The summed E-state index contributed by atoms with van der Waals surface area (Å²) in [5, 5.41) is 3.43. The predicted octanol–water partition coefficient (Wildman–Crippen LogP) is 2.00. The standard InChI is InChI=1S/C8H8Cl2N2O2S/c1-12-4-11-7-5(9)2-3-6(10)8(7)15(12,13)14/h2-3,11H,4H2,1H3. The number of halogens is 2. The van der Waals surface area contributed by atoms with Gasteiger partial charge in [0.2, 0.25) is 10.0 Å². The first-order valence-corrected chi connectivity index (χ1v) is 6.32. The summed E-state index contributed by atoms with van der Waals surface area (Å²) in [4.78, 5) is 0.0467. The second-order valence-electron chi connectivity index (χ2n) is 3.17. The minimum atomic E-state index is -3.52. The summed E-state index contributed by atoms with van der Waals surface area (Å²) in [6.07, 6.45) is 0. The van der Waals surface area contributed by atoms with Crippen molar-refractivity contribution in [3.05, 3.63) is 22.2 Å². The average Bonchev–Trinajstić information content (AvgIpc) is 2.16. The number of rotatable bonds is 0. The highest BCUT2D eigenvalue weighted by Gasteiger charge is 2.32. The van der Waals surface area contributed by atoms with Crippen LogP contribution >= 0.6 is 23.2 Å². The molecule has 4 nitrogen and oxygen atoms in total. The molecule has 0 saturated carbocycles. The maximum Gasteiger partial charge on any atom is 0.247 e. The van der Waals surface area contributed by atoms with Crippen molar-refractivity contribution in [1.82, 2.24) is 4.31 Å². The van der Waals surface area contributed by atoms with Gasteiger partial charge in [-0.25, -0.2) is 8.42 Å². The van der Waals surface area contributed by atoms with Crippen molar-refractivity contribution in [2.24, 2.45) is 0 Å². The molecule has 82 valence electrons. The van der Waals surface area contributed by atoms with E-state index in [2.05, 4.69) is 5.32 Å². The topological polar surface area (TPSA) is 49.4 Å². The molecule has 0 unspecified atom stereocenters. The SMILES string of the molecule is CN1CNc2c(Cl)ccc(Cl)c2S1(=O)=O. The summed E-state index contributed by atoms with van der Waals surface area (Å²) < 4.78 is 25.0. The molecule has 0 radical (unpaired) electrons. The predicted molar refractivity (Wildman–Crippen MR) is 59.9 cm³/mol. The number of hydrogen-bond acceptors (Lipinski definition) is 3. The third-order valence-corrected chi connectivity index (χ3v) is 4.84. The van der Waals surface area contributed by atoms with Crippen molar-refractivity contribution in [2.75, 3.05) is 19.0 Å². The summed E-state index contributed by atoms with van der Waals surface area (Å²) in [5.41, 5.74) is 0.377. The van der Waals surface area contributed by atoms with Gasteiger partial charge in [-0.05, 0) is 12.1 Å². The number of fused-ring (bicyclic) bond motifs is 1. The first kappa shape index (κ1) is 11.0. The molecule has 1 aromatic carbocycles. The maximum atomic E-state index is 11.9. The van der Waals surface area contributed by atoms with Crippen molar-refractivity contribution in [3.8, 4) is 0 Å². The lowest BCUT2D eigenvalue weighted by molar-refractivity contribution is 0.482. The Kier molecular flexibility index (Phi) is 2.58. The van der Waals surface area contributed by atoms with Crippen molar-refractivity contribution in [3.63, 3.8) is 0 Å². The van der Waals surface area contributed by atoms with Gasteiger partial charge in [0.05, 0.1) is 22.4 Å². The summed E-state index contributed by atoms with van der Waals surface area (Å²) in [6.45, 7) is 0.190. The van der Waals surface area contributed by atoms with E-state index in [1.807, 2.05) is 0 Å². The molecule has 0 amide bonds. The van der Waals surface area contributed by atoms with Crippen molar-refractivity contribution < 1.29 is 8.42 Å². The number of hydrogen-bond donors (Lipinski definition) is 1. The van der Waals surface area contributed by atoms with Crippen LogP contribution in [0.25, 0.3) is 0 Å². The average molecular weight is 267 g/mol. The quantitative estimate of drug-likeness (QED) is 0.782. The van der Waals surface area contributed by atoms with Crippen LogP contribution < -0.4 is 5.32 Å². The molecule has 0 aromatic heterocycles. The van der Waals surface area contributed by atoms with Gasteiger partial charge in [0.15, 0.2) is 0 Å². The minimum Gasteiger partial charge on any atom is -0.369 e. The fourth-order valence-corrected chi connectivity index (χ4v) is 3.41. The van der Waals surface area contributed by atoms with E-state index in [1.54, 1.807) is 6.07 Å². The Morgan fingerprint density at radius 2 is 1.93 bits per heavy atom. The fourth-order valence-electron chi connectivity index (χ4n) is 1.38. The minimum absolute atomic E-state index is 0.0467. The molecular formula is C8H8Cl2N2O2S. The van der Waals surface area contributed by atoms with Crippen molar-refractivity contribution >= 4 is 38.9 Å². The van der Waals surface area contributed by atoms with Gasteiger partial charge in [-0.3, -0.25) is 0 Å². The molecule has 1 aromatic rings.